The zero-order chi connectivity index (χ0) is 32.5. The van der Waals surface area contributed by atoms with Crippen molar-refractivity contribution in [3.05, 3.63) is 23.8 Å². The average Bonchev–Trinajstić information content (AvgIpc) is 3.36. The van der Waals surface area contributed by atoms with Gasteiger partial charge in [-0.1, -0.05) is 96.4 Å². The van der Waals surface area contributed by atoms with Gasteiger partial charge in [-0.3, -0.25) is 9.59 Å². The van der Waals surface area contributed by atoms with Gasteiger partial charge in [0.1, 0.15) is 0 Å². The molecule has 0 amide bonds. The second-order valence-corrected chi connectivity index (χ2v) is 16.8. The summed E-state index contributed by atoms with van der Waals surface area (Å²) >= 11 is 0. The number of carbonyl (C=O) groups is 2. The van der Waals surface area contributed by atoms with Crippen molar-refractivity contribution in [2.24, 2.45) is 45.8 Å². The molecule has 0 spiro atoms. The Bertz CT molecular complexity index is 1030. The van der Waals surface area contributed by atoms with Crippen LogP contribution in [0.25, 0.3) is 0 Å². The normalized spacial score (nSPS) is 34.4. The maximum Gasteiger partial charge on any atom is 0.310 e. The Morgan fingerprint density at radius 2 is 1.42 bits per heavy atom. The van der Waals surface area contributed by atoms with Crippen LogP contribution < -0.4 is 0 Å². The van der Waals surface area contributed by atoms with Gasteiger partial charge in [-0.15, -0.1) is 0 Å². The van der Waals surface area contributed by atoms with Crippen molar-refractivity contribution in [3.63, 3.8) is 0 Å². The van der Waals surface area contributed by atoms with Crippen molar-refractivity contribution in [1.29, 1.82) is 0 Å². The Kier molecular flexibility index (Phi) is 13.3. The lowest BCUT2D eigenvalue weighted by atomic mass is 9.40. The molecule has 3 saturated carbocycles. The van der Waals surface area contributed by atoms with Gasteiger partial charge in [0, 0.05) is 6.42 Å². The smallest absolute Gasteiger partial charge is 0.310 e. The third-order valence-electron chi connectivity index (χ3n) is 13.9. The Morgan fingerprint density at radius 3 is 2.04 bits per heavy atom. The van der Waals surface area contributed by atoms with Gasteiger partial charge < -0.3 is 10.2 Å². The number of carboxylic acid groups (broad SMARTS) is 2. The van der Waals surface area contributed by atoms with E-state index < -0.39 is 17.4 Å². The summed E-state index contributed by atoms with van der Waals surface area (Å²) in [7, 11) is 0. The van der Waals surface area contributed by atoms with Gasteiger partial charge in [-0.25, -0.2) is 0 Å². The van der Waals surface area contributed by atoms with Crippen LogP contribution in [0.5, 0.6) is 0 Å². The molecule has 4 aliphatic carbocycles. The Morgan fingerprint density at radius 1 is 0.800 bits per heavy atom. The average molecular weight is 625 g/mol. The van der Waals surface area contributed by atoms with Crippen molar-refractivity contribution >= 4 is 11.9 Å². The van der Waals surface area contributed by atoms with E-state index in [-0.39, 0.29) is 5.41 Å². The summed E-state index contributed by atoms with van der Waals surface area (Å²) < 4.78 is 0. The van der Waals surface area contributed by atoms with Gasteiger partial charge >= 0.3 is 11.9 Å². The second-order valence-electron chi connectivity index (χ2n) is 16.8. The quantitative estimate of drug-likeness (QED) is 0.111. The van der Waals surface area contributed by atoms with Crippen LogP contribution in [-0.2, 0) is 9.59 Å². The molecule has 0 aromatic heterocycles. The Labute approximate surface area is 276 Å². The van der Waals surface area contributed by atoms with Crippen LogP contribution in [0.2, 0.25) is 0 Å². The number of hydrogen-bond acceptors (Lipinski definition) is 2. The van der Waals surface area contributed by atoms with Crippen LogP contribution in [-0.4, -0.2) is 22.2 Å². The number of unbranched alkanes of at least 4 members (excludes halogenated alkanes) is 11. The molecule has 0 aliphatic heterocycles. The molecule has 256 valence electrons. The molecule has 7 atom stereocenters. The highest BCUT2D eigenvalue weighted by Gasteiger charge is 2.66. The lowest BCUT2D eigenvalue weighted by Crippen LogP contribution is -2.60. The molecule has 0 aromatic rings. The van der Waals surface area contributed by atoms with E-state index in [2.05, 4.69) is 45.9 Å². The zero-order valence-corrected chi connectivity index (χ0v) is 29.6. The van der Waals surface area contributed by atoms with E-state index in [1.54, 1.807) is 0 Å². The first-order chi connectivity index (χ1) is 21.5. The van der Waals surface area contributed by atoms with Crippen molar-refractivity contribution in [2.75, 3.05) is 0 Å². The minimum Gasteiger partial charge on any atom is -0.481 e. The number of rotatable bonds is 19. The van der Waals surface area contributed by atoms with Crippen LogP contribution in [0.4, 0.5) is 0 Å². The SMILES string of the molecule is CC(C)[C@H]1CC[C@H]2[C@@H]3CCC4(C(=O)O)CC(CCCCCCCC/C=C\CCCCCCCC(=O)O)=CC[C@]4(C)[C@H]3CC[C@]12C. The molecule has 4 nitrogen and oxygen atoms in total. The standard InChI is InChI=1S/C41H68O4/c1-31(2)34-22-23-35-33-25-29-41(38(44)45)30-32(24-28-40(41,4)36(33)26-27-39(34,35)3)20-18-16-14-12-10-8-6-5-7-9-11-13-15-17-19-21-37(42)43/h5,7,24,31,33-36H,6,8-23,25-30H2,1-4H3,(H,42,43)(H,44,45)/b7-5-/t33-,34+,35-,36-,39+,40+,41?/m0/s1. The fourth-order valence-electron chi connectivity index (χ4n) is 11.4. The monoisotopic (exact) mass is 625 g/mol. The summed E-state index contributed by atoms with van der Waals surface area (Å²) in [6.07, 6.45) is 33.1. The Hall–Kier alpha value is -1.58. The fourth-order valence-corrected chi connectivity index (χ4v) is 11.4. The summed E-state index contributed by atoms with van der Waals surface area (Å²) in [5, 5.41) is 19.5. The fraction of sp³-hybridized carbons (Fsp3) is 0.854. The molecule has 45 heavy (non-hydrogen) atoms. The topological polar surface area (TPSA) is 74.6 Å². The number of fused-ring (bicyclic) bond motifs is 5. The molecule has 2 N–H and O–H groups in total. The Balaban J connectivity index is 1.14. The number of allylic oxidation sites excluding steroid dienone is 4. The molecule has 4 heteroatoms. The van der Waals surface area contributed by atoms with Crippen molar-refractivity contribution < 1.29 is 19.8 Å². The lowest BCUT2D eigenvalue weighted by Gasteiger charge is -2.63. The molecule has 1 unspecified atom stereocenters. The second kappa shape index (κ2) is 16.5. The van der Waals surface area contributed by atoms with E-state index in [9.17, 15) is 14.7 Å². The number of aliphatic carboxylic acids is 2. The number of carboxylic acids is 2. The van der Waals surface area contributed by atoms with Gasteiger partial charge in [0.15, 0.2) is 0 Å². The van der Waals surface area contributed by atoms with E-state index in [0.717, 1.165) is 81.5 Å². The maximum atomic E-state index is 13.2. The molecule has 4 aliphatic rings. The van der Waals surface area contributed by atoms with Crippen LogP contribution in [0.15, 0.2) is 23.8 Å². The first kappa shape index (κ1) is 36.3. The largest absolute Gasteiger partial charge is 0.481 e. The summed E-state index contributed by atoms with van der Waals surface area (Å²) in [6.45, 7) is 9.85. The molecule has 0 bridgehead atoms. The summed E-state index contributed by atoms with van der Waals surface area (Å²) in [5.74, 6) is 2.51. The van der Waals surface area contributed by atoms with E-state index >= 15 is 0 Å². The third kappa shape index (κ3) is 8.29. The minimum atomic E-state index is -0.676. The van der Waals surface area contributed by atoms with Crippen molar-refractivity contribution in [1.82, 2.24) is 0 Å². The van der Waals surface area contributed by atoms with Crippen LogP contribution in [0.3, 0.4) is 0 Å². The first-order valence-electron chi connectivity index (χ1n) is 19.3. The van der Waals surface area contributed by atoms with E-state index in [4.69, 9.17) is 5.11 Å². The van der Waals surface area contributed by atoms with E-state index in [1.807, 2.05) is 0 Å². The molecular formula is C41H68O4. The first-order valence-corrected chi connectivity index (χ1v) is 19.3. The highest BCUT2D eigenvalue weighted by Crippen LogP contribution is 2.71. The lowest BCUT2D eigenvalue weighted by molar-refractivity contribution is -0.184. The van der Waals surface area contributed by atoms with Crippen LogP contribution >= 0.6 is 0 Å². The molecule has 0 saturated heterocycles. The molecule has 0 heterocycles. The molecular weight excluding hydrogens is 556 g/mol. The van der Waals surface area contributed by atoms with Gasteiger partial charge in [0.05, 0.1) is 5.41 Å². The third-order valence-corrected chi connectivity index (χ3v) is 13.9. The zero-order valence-electron chi connectivity index (χ0n) is 29.6. The van der Waals surface area contributed by atoms with E-state index in [0.29, 0.717) is 17.8 Å². The van der Waals surface area contributed by atoms with Crippen molar-refractivity contribution in [3.8, 4) is 0 Å². The minimum absolute atomic E-state index is 0.0970. The summed E-state index contributed by atoms with van der Waals surface area (Å²) in [5.41, 5.74) is 1.26. The van der Waals surface area contributed by atoms with Crippen LogP contribution in [0, 0.1) is 45.8 Å². The van der Waals surface area contributed by atoms with E-state index in [1.165, 1.54) is 89.0 Å². The predicted octanol–water partition coefficient (Wildman–Crippen LogP) is 11.8. The van der Waals surface area contributed by atoms with Crippen molar-refractivity contribution in [2.45, 2.75) is 175 Å². The highest BCUT2D eigenvalue weighted by atomic mass is 16.4. The summed E-state index contributed by atoms with van der Waals surface area (Å²) in [6, 6.07) is 0. The molecule has 3 fully saturated rings. The molecule has 4 rings (SSSR count). The number of hydrogen-bond donors (Lipinski definition) is 2. The summed E-state index contributed by atoms with van der Waals surface area (Å²) in [4.78, 5) is 23.7. The van der Waals surface area contributed by atoms with Gasteiger partial charge in [-0.2, -0.15) is 0 Å². The van der Waals surface area contributed by atoms with Gasteiger partial charge in [0.25, 0.3) is 0 Å². The highest BCUT2D eigenvalue weighted by molar-refractivity contribution is 5.77. The predicted molar refractivity (Wildman–Crippen MR) is 186 cm³/mol. The maximum absolute atomic E-state index is 13.2. The molecule has 0 aromatic carbocycles. The van der Waals surface area contributed by atoms with Gasteiger partial charge in [-0.05, 0) is 137 Å². The van der Waals surface area contributed by atoms with Gasteiger partial charge in [0.2, 0.25) is 0 Å². The molecule has 0 radical (unpaired) electrons. The van der Waals surface area contributed by atoms with Crippen LogP contribution in [0.1, 0.15) is 175 Å².